The Morgan fingerprint density at radius 3 is 2.67 bits per heavy atom. The van der Waals surface area contributed by atoms with Crippen molar-refractivity contribution in [3.63, 3.8) is 0 Å². The summed E-state index contributed by atoms with van der Waals surface area (Å²) >= 11 is 0. The Hall–Kier alpha value is -2.33. The number of carbonyl (C=O) groups excluding carboxylic acids is 1. The van der Waals surface area contributed by atoms with Crippen LogP contribution < -0.4 is 11.1 Å². The molecule has 0 aliphatic carbocycles. The number of nitrogens with two attached hydrogens (primary N) is 1. The van der Waals surface area contributed by atoms with Crippen LogP contribution in [0.1, 0.15) is 27.0 Å². The van der Waals surface area contributed by atoms with Crippen LogP contribution in [0.2, 0.25) is 0 Å². The van der Waals surface area contributed by atoms with Crippen molar-refractivity contribution < 1.29 is 9.53 Å². The molecular weight excluding hydrogens is 264 g/mol. The third-order valence-corrected chi connectivity index (χ3v) is 3.25. The smallest absolute Gasteiger partial charge is 0.251 e. The number of aryl methyl sites for hydroxylation is 1. The van der Waals surface area contributed by atoms with Crippen molar-refractivity contribution in [1.29, 1.82) is 0 Å². The lowest BCUT2D eigenvalue weighted by molar-refractivity contribution is 0.0950. The zero-order chi connectivity index (χ0) is 15.2. The van der Waals surface area contributed by atoms with Gasteiger partial charge in [-0.3, -0.25) is 4.79 Å². The third kappa shape index (κ3) is 4.07. The van der Waals surface area contributed by atoms with Crippen LogP contribution in [0.4, 0.5) is 5.69 Å². The van der Waals surface area contributed by atoms with Crippen LogP contribution in [0, 0.1) is 6.92 Å². The average molecular weight is 284 g/mol. The van der Waals surface area contributed by atoms with Crippen LogP contribution in [0.3, 0.4) is 0 Å². The number of nitrogens with one attached hydrogen (secondary N) is 1. The summed E-state index contributed by atoms with van der Waals surface area (Å²) in [5, 5.41) is 2.92. The number of carbonyl (C=O) groups is 1. The Morgan fingerprint density at radius 2 is 1.95 bits per heavy atom. The molecular formula is C17H20N2O2. The fourth-order valence-electron chi connectivity index (χ4n) is 2.22. The van der Waals surface area contributed by atoms with Gasteiger partial charge in [0.1, 0.15) is 0 Å². The van der Waals surface area contributed by atoms with Gasteiger partial charge < -0.3 is 15.8 Å². The molecule has 0 fully saturated rings. The van der Waals surface area contributed by atoms with E-state index in [0.717, 1.165) is 16.7 Å². The maximum atomic E-state index is 12.2. The van der Waals surface area contributed by atoms with Gasteiger partial charge in [-0.2, -0.15) is 0 Å². The Balaban J connectivity index is 2.02. The number of amides is 1. The molecule has 2 aromatic carbocycles. The molecule has 0 aliphatic rings. The lowest BCUT2D eigenvalue weighted by Gasteiger charge is -2.09. The van der Waals surface area contributed by atoms with Gasteiger partial charge >= 0.3 is 0 Å². The van der Waals surface area contributed by atoms with E-state index in [1.165, 1.54) is 0 Å². The van der Waals surface area contributed by atoms with E-state index in [1.54, 1.807) is 25.3 Å². The van der Waals surface area contributed by atoms with Crippen LogP contribution in [0.15, 0.2) is 42.5 Å². The van der Waals surface area contributed by atoms with Crippen molar-refractivity contribution in [2.45, 2.75) is 20.1 Å². The highest BCUT2D eigenvalue weighted by atomic mass is 16.5. The molecule has 0 aliphatic heterocycles. The second-order valence-electron chi connectivity index (χ2n) is 5.01. The Labute approximate surface area is 124 Å². The van der Waals surface area contributed by atoms with Crippen LogP contribution in [-0.4, -0.2) is 13.0 Å². The van der Waals surface area contributed by atoms with Crippen LogP contribution in [0.25, 0.3) is 0 Å². The highest BCUT2D eigenvalue weighted by Crippen LogP contribution is 2.13. The highest BCUT2D eigenvalue weighted by molar-refractivity contribution is 5.95. The topological polar surface area (TPSA) is 64.3 Å². The van der Waals surface area contributed by atoms with Crippen LogP contribution >= 0.6 is 0 Å². The van der Waals surface area contributed by atoms with Crippen LogP contribution in [-0.2, 0) is 17.9 Å². The highest BCUT2D eigenvalue weighted by Gasteiger charge is 2.08. The van der Waals surface area contributed by atoms with Crippen molar-refractivity contribution in [1.82, 2.24) is 5.32 Å². The summed E-state index contributed by atoms with van der Waals surface area (Å²) in [4.78, 5) is 12.2. The molecule has 0 bridgehead atoms. The molecule has 0 saturated carbocycles. The maximum Gasteiger partial charge on any atom is 0.251 e. The van der Waals surface area contributed by atoms with Gasteiger partial charge in [-0.15, -0.1) is 0 Å². The van der Waals surface area contributed by atoms with Gasteiger partial charge in [0.2, 0.25) is 0 Å². The van der Waals surface area contributed by atoms with Gasteiger partial charge in [-0.05, 0) is 41.8 Å². The molecule has 0 atom stereocenters. The number of anilines is 1. The first-order valence-corrected chi connectivity index (χ1v) is 6.81. The molecule has 0 radical (unpaired) electrons. The summed E-state index contributed by atoms with van der Waals surface area (Å²) in [5.41, 5.74) is 10.0. The van der Waals surface area contributed by atoms with Crippen molar-refractivity contribution in [3.05, 3.63) is 64.7 Å². The maximum absolute atomic E-state index is 12.2. The third-order valence-electron chi connectivity index (χ3n) is 3.25. The minimum absolute atomic E-state index is 0.0929. The second kappa shape index (κ2) is 6.90. The summed E-state index contributed by atoms with van der Waals surface area (Å²) < 4.78 is 5.11. The number of hydrogen-bond acceptors (Lipinski definition) is 3. The predicted molar refractivity (Wildman–Crippen MR) is 83.9 cm³/mol. The minimum atomic E-state index is -0.0929. The van der Waals surface area contributed by atoms with E-state index in [4.69, 9.17) is 10.5 Å². The standard InChI is InChI=1S/C17H20N2O2/c1-12-8-15(18)6-7-16(12)17(20)19-10-13-4-3-5-14(9-13)11-21-2/h3-9H,10-11,18H2,1-2H3,(H,19,20). The summed E-state index contributed by atoms with van der Waals surface area (Å²) in [6.07, 6.45) is 0. The molecule has 1 amide bonds. The van der Waals surface area contributed by atoms with Gasteiger partial charge in [0.25, 0.3) is 5.91 Å². The first kappa shape index (κ1) is 15.1. The molecule has 110 valence electrons. The number of benzene rings is 2. The normalized spacial score (nSPS) is 10.4. The van der Waals surface area contributed by atoms with Crippen molar-refractivity contribution in [2.24, 2.45) is 0 Å². The number of rotatable bonds is 5. The first-order chi connectivity index (χ1) is 10.1. The molecule has 4 nitrogen and oxygen atoms in total. The quantitative estimate of drug-likeness (QED) is 0.830. The van der Waals surface area contributed by atoms with Crippen molar-refractivity contribution in [3.8, 4) is 0 Å². The van der Waals surface area contributed by atoms with E-state index in [1.807, 2.05) is 31.2 Å². The minimum Gasteiger partial charge on any atom is -0.399 e. The Kier molecular flexibility index (Phi) is 4.95. The number of methoxy groups -OCH3 is 1. The predicted octanol–water partition coefficient (Wildman–Crippen LogP) is 2.65. The lowest BCUT2D eigenvalue weighted by atomic mass is 10.1. The fraction of sp³-hybridized carbons (Fsp3) is 0.235. The molecule has 0 spiro atoms. The zero-order valence-electron chi connectivity index (χ0n) is 12.3. The second-order valence-corrected chi connectivity index (χ2v) is 5.01. The molecule has 4 heteroatoms. The summed E-state index contributed by atoms with van der Waals surface area (Å²) in [6, 6.07) is 13.3. The summed E-state index contributed by atoms with van der Waals surface area (Å²) in [7, 11) is 1.67. The van der Waals surface area contributed by atoms with Gasteiger partial charge in [0.15, 0.2) is 0 Å². The lowest BCUT2D eigenvalue weighted by Crippen LogP contribution is -2.23. The molecule has 0 unspecified atom stereocenters. The summed E-state index contributed by atoms with van der Waals surface area (Å²) in [6.45, 7) is 2.93. The van der Waals surface area contributed by atoms with E-state index in [2.05, 4.69) is 5.32 Å². The fourth-order valence-corrected chi connectivity index (χ4v) is 2.22. The monoisotopic (exact) mass is 284 g/mol. The molecule has 21 heavy (non-hydrogen) atoms. The van der Waals surface area contributed by atoms with E-state index < -0.39 is 0 Å². The molecule has 0 saturated heterocycles. The van der Waals surface area contributed by atoms with Crippen molar-refractivity contribution >= 4 is 11.6 Å². The molecule has 2 rings (SSSR count). The largest absolute Gasteiger partial charge is 0.399 e. The Bertz CT molecular complexity index is 638. The van der Waals surface area contributed by atoms with Gasteiger partial charge in [-0.1, -0.05) is 24.3 Å². The van der Waals surface area contributed by atoms with Gasteiger partial charge in [-0.25, -0.2) is 0 Å². The molecule has 0 aromatic heterocycles. The number of hydrogen-bond donors (Lipinski definition) is 2. The van der Waals surface area contributed by atoms with Gasteiger partial charge in [0, 0.05) is 24.9 Å². The Morgan fingerprint density at radius 1 is 1.19 bits per heavy atom. The first-order valence-electron chi connectivity index (χ1n) is 6.81. The molecule has 2 aromatic rings. The molecule has 0 heterocycles. The average Bonchev–Trinajstić information content (AvgIpc) is 2.45. The number of ether oxygens (including phenoxy) is 1. The van der Waals surface area contributed by atoms with E-state index in [-0.39, 0.29) is 5.91 Å². The number of nitrogen functional groups attached to an aromatic ring is 1. The summed E-state index contributed by atoms with van der Waals surface area (Å²) in [5.74, 6) is -0.0929. The van der Waals surface area contributed by atoms with E-state index in [9.17, 15) is 4.79 Å². The van der Waals surface area contributed by atoms with Crippen molar-refractivity contribution in [2.75, 3.05) is 12.8 Å². The SMILES string of the molecule is COCc1cccc(CNC(=O)c2ccc(N)cc2C)c1. The van der Waals surface area contributed by atoms with E-state index >= 15 is 0 Å². The van der Waals surface area contributed by atoms with E-state index in [0.29, 0.717) is 24.4 Å². The van der Waals surface area contributed by atoms with Gasteiger partial charge in [0.05, 0.1) is 6.61 Å². The van der Waals surface area contributed by atoms with Crippen LogP contribution in [0.5, 0.6) is 0 Å². The zero-order valence-corrected chi connectivity index (χ0v) is 12.3. The molecule has 3 N–H and O–H groups in total.